The number of benzene rings is 1. The van der Waals surface area contributed by atoms with Crippen molar-refractivity contribution < 1.29 is 9.53 Å². The molecule has 0 bridgehead atoms. The Labute approximate surface area is 218 Å². The number of carbonyl (C=O) groups excluding carboxylic acids is 1. The lowest BCUT2D eigenvalue weighted by molar-refractivity contribution is 0.0165. The van der Waals surface area contributed by atoms with Crippen molar-refractivity contribution in [3.63, 3.8) is 0 Å². The molecule has 0 saturated heterocycles. The third-order valence-corrected chi connectivity index (χ3v) is 6.23. The van der Waals surface area contributed by atoms with Gasteiger partial charge in [0.2, 0.25) is 0 Å². The lowest BCUT2D eigenvalue weighted by atomic mass is 9.88. The van der Waals surface area contributed by atoms with Crippen molar-refractivity contribution in [1.29, 1.82) is 10.7 Å². The molecule has 196 valence electrons. The van der Waals surface area contributed by atoms with Crippen molar-refractivity contribution >= 4 is 35.2 Å². The van der Waals surface area contributed by atoms with Gasteiger partial charge in [0.05, 0.1) is 35.6 Å². The molecule has 1 amide bonds. The molecule has 37 heavy (non-hydrogen) atoms. The molecule has 1 fully saturated rings. The summed E-state index contributed by atoms with van der Waals surface area (Å²) in [6.45, 7) is 5.83. The second-order valence-corrected chi connectivity index (χ2v) is 10.1. The molecule has 1 aliphatic rings. The summed E-state index contributed by atoms with van der Waals surface area (Å²) in [7, 11) is 3.78. The molecular weight excluding hydrogens is 468 g/mol. The number of pyridine rings is 1. The van der Waals surface area contributed by atoms with Crippen LogP contribution in [0.25, 0.3) is 0 Å². The summed E-state index contributed by atoms with van der Waals surface area (Å²) in [5.74, 6) is 0.706. The van der Waals surface area contributed by atoms with Crippen molar-refractivity contribution in [2.45, 2.75) is 64.1 Å². The Morgan fingerprint density at radius 3 is 2.68 bits per heavy atom. The number of hydrogen-bond acceptors (Lipinski definition) is 9. The van der Waals surface area contributed by atoms with Crippen LogP contribution >= 0.6 is 0 Å². The maximum absolute atomic E-state index is 12.8. The highest BCUT2D eigenvalue weighted by Crippen LogP contribution is 2.32. The first-order valence-electron chi connectivity index (χ1n) is 12.4. The van der Waals surface area contributed by atoms with Crippen LogP contribution in [0, 0.1) is 16.7 Å². The molecule has 2 aromatic rings. The topological polar surface area (TPSA) is 130 Å². The molecule has 3 rings (SSSR count). The Bertz CT molecular complexity index is 1170. The first-order valence-corrected chi connectivity index (χ1v) is 12.4. The maximum Gasteiger partial charge on any atom is 0.410 e. The van der Waals surface area contributed by atoms with Crippen LogP contribution in [-0.2, 0) is 4.74 Å². The smallest absolute Gasteiger partial charge is 0.410 e. The zero-order valence-corrected chi connectivity index (χ0v) is 22.2. The van der Waals surface area contributed by atoms with E-state index in [0.717, 1.165) is 31.4 Å². The number of nitrogens with zero attached hydrogens (tertiary/aromatic N) is 6. The van der Waals surface area contributed by atoms with E-state index in [1.807, 2.05) is 58.2 Å². The van der Waals surface area contributed by atoms with E-state index in [2.05, 4.69) is 31.5 Å². The summed E-state index contributed by atoms with van der Waals surface area (Å²) >= 11 is 0. The van der Waals surface area contributed by atoms with E-state index >= 15 is 0 Å². The number of azo groups is 1. The number of rotatable bonds is 8. The first-order chi connectivity index (χ1) is 17.6. The highest BCUT2D eigenvalue weighted by molar-refractivity contribution is 5.71. The Morgan fingerprint density at radius 1 is 1.27 bits per heavy atom. The number of aromatic nitrogens is 1. The van der Waals surface area contributed by atoms with Gasteiger partial charge in [0.15, 0.2) is 0 Å². The molecule has 1 aromatic heterocycles. The number of carbonyl (C=O) groups is 1. The van der Waals surface area contributed by atoms with Crippen molar-refractivity contribution in [1.82, 2.24) is 9.88 Å². The van der Waals surface area contributed by atoms with Crippen LogP contribution < -0.4 is 10.2 Å². The fourth-order valence-corrected chi connectivity index (χ4v) is 4.43. The van der Waals surface area contributed by atoms with Gasteiger partial charge in [0.1, 0.15) is 17.5 Å². The maximum atomic E-state index is 12.8. The van der Waals surface area contributed by atoms with Gasteiger partial charge in [0.25, 0.3) is 0 Å². The van der Waals surface area contributed by atoms with Crippen LogP contribution in [-0.4, -0.2) is 60.5 Å². The summed E-state index contributed by atoms with van der Waals surface area (Å²) in [4.78, 5) is 21.2. The average molecular weight is 505 g/mol. The second-order valence-electron chi connectivity index (χ2n) is 10.1. The minimum atomic E-state index is -0.560. The van der Waals surface area contributed by atoms with E-state index in [4.69, 9.17) is 10.1 Å². The SMILES string of the molecule is CN(C(=O)OC(C)(C)C)C1CCCCC1N(C)c1cc(Nc2cccc(N=NCC=N)c2)c(C#N)cn1. The zero-order chi connectivity index (χ0) is 27.0. The van der Waals surface area contributed by atoms with Gasteiger partial charge in [-0.1, -0.05) is 18.9 Å². The number of ether oxygens (including phenoxy) is 1. The number of amides is 1. The van der Waals surface area contributed by atoms with Gasteiger partial charge >= 0.3 is 6.09 Å². The average Bonchev–Trinajstić information content (AvgIpc) is 2.87. The van der Waals surface area contributed by atoms with Gasteiger partial charge in [-0.3, -0.25) is 0 Å². The Kier molecular flexibility index (Phi) is 9.17. The summed E-state index contributed by atoms with van der Waals surface area (Å²) in [6, 6.07) is 11.5. The molecule has 0 spiro atoms. The molecule has 0 radical (unpaired) electrons. The lowest BCUT2D eigenvalue weighted by Crippen LogP contribution is -2.54. The predicted molar refractivity (Wildman–Crippen MR) is 145 cm³/mol. The molecule has 2 unspecified atom stereocenters. The van der Waals surface area contributed by atoms with E-state index in [1.54, 1.807) is 18.1 Å². The van der Waals surface area contributed by atoms with E-state index < -0.39 is 5.60 Å². The van der Waals surface area contributed by atoms with Gasteiger partial charge in [-0.2, -0.15) is 15.5 Å². The van der Waals surface area contributed by atoms with Crippen molar-refractivity contribution in [2.75, 3.05) is 30.9 Å². The molecule has 10 heteroatoms. The van der Waals surface area contributed by atoms with Crippen molar-refractivity contribution in [3.8, 4) is 6.07 Å². The van der Waals surface area contributed by atoms with Crippen LogP contribution in [0.5, 0.6) is 0 Å². The third-order valence-electron chi connectivity index (χ3n) is 6.23. The molecule has 1 aliphatic carbocycles. The normalized spacial score (nSPS) is 17.6. The largest absolute Gasteiger partial charge is 0.444 e. The van der Waals surface area contributed by atoms with Gasteiger partial charge in [0, 0.05) is 38.3 Å². The van der Waals surface area contributed by atoms with E-state index in [0.29, 0.717) is 22.8 Å². The van der Waals surface area contributed by atoms with Gasteiger partial charge in [-0.05, 0) is 51.8 Å². The molecule has 0 aliphatic heterocycles. The third kappa shape index (κ3) is 7.49. The minimum absolute atomic E-state index is 0.0227. The fraction of sp³-hybridized carbons (Fsp3) is 0.481. The second kappa shape index (κ2) is 12.3. The first kappa shape index (κ1) is 27.6. The van der Waals surface area contributed by atoms with E-state index in [-0.39, 0.29) is 24.7 Å². The molecule has 1 saturated carbocycles. The number of likely N-dealkylation sites (N-methyl/N-ethyl adjacent to an activating group) is 2. The standard InChI is InChI=1S/C27H36N8O2/c1-27(2,3)37-26(36)35(5)24-12-7-6-11-23(24)34(4)25-16-22(19(17-29)18-30-25)32-20-9-8-10-21(15-20)33-31-14-13-28/h8-10,13,15-16,18,23-24,28H,6-7,11-12,14H2,1-5H3,(H,30,32). The number of anilines is 3. The summed E-state index contributed by atoms with van der Waals surface area (Å²) in [6.07, 6.45) is 6.33. The van der Waals surface area contributed by atoms with Crippen LogP contribution in [0.3, 0.4) is 0 Å². The Balaban J connectivity index is 1.84. The molecule has 1 heterocycles. The number of hydrogen-bond donors (Lipinski definition) is 2. The van der Waals surface area contributed by atoms with Crippen LogP contribution in [0.4, 0.5) is 27.7 Å². The summed E-state index contributed by atoms with van der Waals surface area (Å²) in [5, 5.41) is 28.1. The predicted octanol–water partition coefficient (Wildman–Crippen LogP) is 6.04. The van der Waals surface area contributed by atoms with Crippen molar-refractivity contribution in [3.05, 3.63) is 42.1 Å². The molecular formula is C27H36N8O2. The highest BCUT2D eigenvalue weighted by atomic mass is 16.6. The lowest BCUT2D eigenvalue weighted by Gasteiger charge is -2.43. The van der Waals surface area contributed by atoms with Gasteiger partial charge in [-0.15, -0.1) is 0 Å². The monoisotopic (exact) mass is 504 g/mol. The quantitative estimate of drug-likeness (QED) is 0.333. The molecule has 1 aromatic carbocycles. The molecule has 10 nitrogen and oxygen atoms in total. The van der Waals surface area contributed by atoms with Crippen LogP contribution in [0.2, 0.25) is 0 Å². The van der Waals surface area contributed by atoms with Gasteiger partial charge < -0.3 is 25.3 Å². The summed E-state index contributed by atoms with van der Waals surface area (Å²) in [5.41, 5.74) is 1.88. The number of nitriles is 1. The van der Waals surface area contributed by atoms with Crippen LogP contribution in [0.1, 0.15) is 52.0 Å². The van der Waals surface area contributed by atoms with Gasteiger partial charge in [-0.25, -0.2) is 9.78 Å². The Morgan fingerprint density at radius 2 is 2.00 bits per heavy atom. The Hall–Kier alpha value is -4.00. The molecule has 2 N–H and O–H groups in total. The summed E-state index contributed by atoms with van der Waals surface area (Å²) < 4.78 is 5.62. The zero-order valence-electron chi connectivity index (χ0n) is 22.2. The highest BCUT2D eigenvalue weighted by Gasteiger charge is 2.35. The number of nitrogens with one attached hydrogen (secondary N) is 2. The van der Waals surface area contributed by atoms with E-state index in [1.165, 1.54) is 6.21 Å². The molecule has 2 atom stereocenters. The van der Waals surface area contributed by atoms with Crippen LogP contribution in [0.15, 0.2) is 46.8 Å². The minimum Gasteiger partial charge on any atom is -0.444 e. The van der Waals surface area contributed by atoms with E-state index in [9.17, 15) is 10.1 Å². The fourth-order valence-electron chi connectivity index (χ4n) is 4.43. The van der Waals surface area contributed by atoms with Crippen molar-refractivity contribution in [2.24, 2.45) is 10.2 Å².